The van der Waals surface area contributed by atoms with Crippen molar-refractivity contribution in [3.05, 3.63) is 71.3 Å². The van der Waals surface area contributed by atoms with Crippen molar-refractivity contribution in [2.75, 3.05) is 26.2 Å². The minimum atomic E-state index is -0.643. The molecule has 2 aliphatic rings. The molecule has 2 N–H and O–H groups in total. The highest BCUT2D eigenvalue weighted by atomic mass is 19.1. The van der Waals surface area contributed by atoms with E-state index in [0.717, 1.165) is 24.0 Å². The summed E-state index contributed by atoms with van der Waals surface area (Å²) >= 11 is 0. The molecule has 1 aliphatic heterocycles. The van der Waals surface area contributed by atoms with E-state index in [2.05, 4.69) is 4.90 Å². The molecule has 0 aromatic heterocycles. The van der Waals surface area contributed by atoms with E-state index >= 15 is 0 Å². The summed E-state index contributed by atoms with van der Waals surface area (Å²) in [7, 11) is 0. The van der Waals surface area contributed by atoms with E-state index in [4.69, 9.17) is 5.73 Å². The SMILES string of the molecule is NC1(C(=O)N2CCN(C(c3ccc(F)cc3)c3ccc(F)cc3)CC2)CC1. The van der Waals surface area contributed by atoms with Crippen molar-refractivity contribution in [3.63, 3.8) is 0 Å². The molecule has 0 unspecified atom stereocenters. The molecule has 1 aliphatic carbocycles. The van der Waals surface area contributed by atoms with Crippen LogP contribution in [0.3, 0.4) is 0 Å². The van der Waals surface area contributed by atoms with E-state index in [9.17, 15) is 13.6 Å². The molecule has 0 spiro atoms. The maximum absolute atomic E-state index is 13.4. The topological polar surface area (TPSA) is 49.6 Å². The molecule has 4 nitrogen and oxygen atoms in total. The van der Waals surface area contributed by atoms with E-state index in [1.54, 1.807) is 24.3 Å². The van der Waals surface area contributed by atoms with Crippen LogP contribution in [0.25, 0.3) is 0 Å². The van der Waals surface area contributed by atoms with Crippen LogP contribution in [-0.2, 0) is 4.79 Å². The van der Waals surface area contributed by atoms with Crippen molar-refractivity contribution in [3.8, 4) is 0 Å². The van der Waals surface area contributed by atoms with Gasteiger partial charge in [0.25, 0.3) is 0 Å². The molecule has 0 radical (unpaired) electrons. The number of carbonyl (C=O) groups is 1. The van der Waals surface area contributed by atoms with Gasteiger partial charge < -0.3 is 10.6 Å². The lowest BCUT2D eigenvalue weighted by Gasteiger charge is -2.40. The number of carbonyl (C=O) groups excluding carboxylic acids is 1. The third kappa shape index (κ3) is 3.73. The lowest BCUT2D eigenvalue weighted by atomic mass is 9.96. The predicted octanol–water partition coefficient (Wildman–Crippen LogP) is 2.69. The van der Waals surface area contributed by atoms with E-state index in [1.807, 2.05) is 4.90 Å². The smallest absolute Gasteiger partial charge is 0.242 e. The van der Waals surface area contributed by atoms with Crippen molar-refractivity contribution in [1.82, 2.24) is 9.80 Å². The summed E-state index contributed by atoms with van der Waals surface area (Å²) in [5.41, 5.74) is 7.30. The van der Waals surface area contributed by atoms with Gasteiger partial charge in [0.15, 0.2) is 0 Å². The van der Waals surface area contributed by atoms with Gasteiger partial charge in [0.05, 0.1) is 11.6 Å². The Labute approximate surface area is 157 Å². The first kappa shape index (κ1) is 18.1. The van der Waals surface area contributed by atoms with Gasteiger partial charge in [0, 0.05) is 26.2 Å². The normalized spacial score (nSPS) is 19.3. The number of hydrogen-bond donors (Lipinski definition) is 1. The molecule has 0 atom stereocenters. The number of amides is 1. The first-order chi connectivity index (χ1) is 13.0. The van der Waals surface area contributed by atoms with Crippen LogP contribution >= 0.6 is 0 Å². The van der Waals surface area contributed by atoms with E-state index in [-0.39, 0.29) is 23.6 Å². The Bertz CT molecular complexity index is 765. The first-order valence-corrected chi connectivity index (χ1v) is 9.29. The highest BCUT2D eigenvalue weighted by Crippen LogP contribution is 2.35. The zero-order chi connectivity index (χ0) is 19.0. The van der Waals surface area contributed by atoms with Crippen LogP contribution in [0.4, 0.5) is 8.78 Å². The first-order valence-electron chi connectivity index (χ1n) is 9.29. The van der Waals surface area contributed by atoms with Crippen molar-refractivity contribution in [1.29, 1.82) is 0 Å². The van der Waals surface area contributed by atoms with Crippen LogP contribution in [0, 0.1) is 11.6 Å². The molecule has 4 rings (SSSR count). The molecule has 1 saturated heterocycles. The summed E-state index contributed by atoms with van der Waals surface area (Å²) in [5.74, 6) is -0.531. The number of halogens is 2. The summed E-state index contributed by atoms with van der Waals surface area (Å²) in [6.45, 7) is 2.58. The fraction of sp³-hybridized carbons (Fsp3) is 0.381. The number of hydrogen-bond acceptors (Lipinski definition) is 3. The molecule has 1 amide bonds. The summed E-state index contributed by atoms with van der Waals surface area (Å²) in [4.78, 5) is 16.6. The lowest BCUT2D eigenvalue weighted by molar-refractivity contribution is -0.135. The molecule has 142 valence electrons. The van der Waals surface area contributed by atoms with Crippen molar-refractivity contribution in [2.45, 2.75) is 24.4 Å². The number of nitrogens with zero attached hydrogens (tertiary/aromatic N) is 2. The van der Waals surface area contributed by atoms with Crippen molar-refractivity contribution in [2.24, 2.45) is 5.73 Å². The lowest BCUT2D eigenvalue weighted by Crippen LogP contribution is -2.54. The highest BCUT2D eigenvalue weighted by Gasteiger charge is 2.48. The number of rotatable bonds is 4. The van der Waals surface area contributed by atoms with Crippen LogP contribution in [0.1, 0.15) is 30.0 Å². The summed E-state index contributed by atoms with van der Waals surface area (Å²) < 4.78 is 26.8. The average molecular weight is 371 g/mol. The molecule has 6 heteroatoms. The summed E-state index contributed by atoms with van der Waals surface area (Å²) in [6.07, 6.45) is 1.53. The predicted molar refractivity (Wildman–Crippen MR) is 98.9 cm³/mol. The zero-order valence-electron chi connectivity index (χ0n) is 15.1. The van der Waals surface area contributed by atoms with Crippen LogP contribution in [0.15, 0.2) is 48.5 Å². The van der Waals surface area contributed by atoms with Gasteiger partial charge in [-0.15, -0.1) is 0 Å². The largest absolute Gasteiger partial charge is 0.339 e. The number of nitrogens with two attached hydrogens (primary N) is 1. The van der Waals surface area contributed by atoms with Gasteiger partial charge in [0.2, 0.25) is 5.91 Å². The third-order valence-electron chi connectivity index (χ3n) is 5.55. The van der Waals surface area contributed by atoms with Crippen LogP contribution in [-0.4, -0.2) is 47.4 Å². The Kier molecular flexibility index (Phi) is 4.70. The summed E-state index contributed by atoms with van der Waals surface area (Å²) in [6, 6.07) is 12.7. The van der Waals surface area contributed by atoms with E-state index in [0.29, 0.717) is 26.2 Å². The molecule has 1 saturated carbocycles. The maximum atomic E-state index is 13.4. The highest BCUT2D eigenvalue weighted by molar-refractivity contribution is 5.89. The fourth-order valence-electron chi connectivity index (χ4n) is 3.75. The third-order valence-corrected chi connectivity index (χ3v) is 5.55. The van der Waals surface area contributed by atoms with Gasteiger partial charge in [-0.3, -0.25) is 9.69 Å². The molecular formula is C21H23F2N3O. The van der Waals surface area contributed by atoms with Crippen LogP contribution in [0.2, 0.25) is 0 Å². The Morgan fingerprint density at radius 1 is 0.852 bits per heavy atom. The minimum Gasteiger partial charge on any atom is -0.339 e. The second-order valence-electron chi connectivity index (χ2n) is 7.49. The molecule has 2 aromatic carbocycles. The monoisotopic (exact) mass is 371 g/mol. The molecule has 27 heavy (non-hydrogen) atoms. The number of benzene rings is 2. The molecular weight excluding hydrogens is 348 g/mol. The molecule has 1 heterocycles. The summed E-state index contributed by atoms with van der Waals surface area (Å²) in [5, 5.41) is 0. The van der Waals surface area contributed by atoms with Crippen LogP contribution < -0.4 is 5.73 Å². The maximum Gasteiger partial charge on any atom is 0.242 e. The molecule has 2 aromatic rings. The van der Waals surface area contributed by atoms with E-state index < -0.39 is 5.54 Å². The van der Waals surface area contributed by atoms with Gasteiger partial charge in [-0.2, -0.15) is 0 Å². The quantitative estimate of drug-likeness (QED) is 0.899. The van der Waals surface area contributed by atoms with Gasteiger partial charge >= 0.3 is 0 Å². The second-order valence-corrected chi connectivity index (χ2v) is 7.49. The zero-order valence-corrected chi connectivity index (χ0v) is 15.1. The Morgan fingerprint density at radius 2 is 1.30 bits per heavy atom. The average Bonchev–Trinajstić information content (AvgIpc) is 3.44. The van der Waals surface area contributed by atoms with E-state index in [1.165, 1.54) is 24.3 Å². The Hall–Kier alpha value is -2.31. The van der Waals surface area contributed by atoms with Gasteiger partial charge in [-0.1, -0.05) is 24.3 Å². The minimum absolute atomic E-state index is 0.0438. The fourth-order valence-corrected chi connectivity index (χ4v) is 3.75. The standard InChI is InChI=1S/C21H23F2N3O/c22-17-5-1-15(2-6-17)19(16-3-7-18(23)8-4-16)25-11-13-26(14-12-25)20(27)21(24)9-10-21/h1-8,19H,9-14,24H2. The van der Waals surface area contributed by atoms with Crippen molar-refractivity contribution >= 4 is 5.91 Å². The molecule has 2 fully saturated rings. The van der Waals surface area contributed by atoms with Gasteiger partial charge in [-0.05, 0) is 48.2 Å². The Morgan fingerprint density at radius 3 is 1.70 bits per heavy atom. The second kappa shape index (κ2) is 7.02. The number of piperazine rings is 1. The Balaban J connectivity index is 1.55. The molecule has 0 bridgehead atoms. The van der Waals surface area contributed by atoms with Gasteiger partial charge in [-0.25, -0.2) is 8.78 Å². The van der Waals surface area contributed by atoms with Gasteiger partial charge in [0.1, 0.15) is 11.6 Å². The van der Waals surface area contributed by atoms with Crippen molar-refractivity contribution < 1.29 is 13.6 Å². The van der Waals surface area contributed by atoms with Crippen LogP contribution in [0.5, 0.6) is 0 Å².